The topological polar surface area (TPSA) is 326 Å². The summed E-state index contributed by atoms with van der Waals surface area (Å²) in [5, 5.41) is 15.4. The molecule has 10 aromatic rings. The number of hydrogen-bond acceptors (Lipinski definition) is 29. The Hall–Kier alpha value is -9.85. The third kappa shape index (κ3) is 21.4. The Morgan fingerprint density at radius 1 is 0.379 bits per heavy atom. The normalized spacial score (nSPS) is 19.8. The number of nitrogens with zero attached hydrogens (tertiary/aromatic N) is 17. The van der Waals surface area contributed by atoms with Gasteiger partial charge in [0.2, 0.25) is 0 Å². The third-order valence-electron chi connectivity index (χ3n) is 29.9. The molecule has 10 aromatic heterocycles. The van der Waals surface area contributed by atoms with Crippen molar-refractivity contribution >= 4 is 121 Å². The number of aromatic nitrogens is 10. The van der Waals surface area contributed by atoms with Crippen molar-refractivity contribution in [2.45, 2.75) is 295 Å². The second-order valence-electron chi connectivity index (χ2n) is 40.8. The highest BCUT2D eigenvalue weighted by Gasteiger charge is 2.49. The number of carbonyl (C=O) groups is 5. The molecule has 19 heterocycles. The van der Waals surface area contributed by atoms with E-state index >= 15 is 0 Å². The van der Waals surface area contributed by atoms with Crippen LogP contribution in [0.25, 0.3) is 52.9 Å². The van der Waals surface area contributed by atoms with Crippen LogP contribution >= 0.6 is 56.7 Å². The van der Waals surface area contributed by atoms with Crippen LogP contribution in [0.5, 0.6) is 0 Å². The van der Waals surface area contributed by atoms with Crippen molar-refractivity contribution in [1.29, 1.82) is 0 Å². The van der Waals surface area contributed by atoms with Crippen molar-refractivity contribution in [1.82, 2.24) is 79.2 Å². The van der Waals surface area contributed by atoms with Gasteiger partial charge in [-0.25, -0.2) is 44.9 Å². The summed E-state index contributed by atoms with van der Waals surface area (Å²) in [7, 11) is 4.09. The molecule has 14 aliphatic rings. The van der Waals surface area contributed by atoms with Crippen molar-refractivity contribution < 1.29 is 41.9 Å². The highest BCUT2D eigenvalue weighted by molar-refractivity contribution is 7.51. The number of piperidine rings is 1. The second kappa shape index (κ2) is 42.2. The predicted octanol–water partition coefficient (Wildman–Crippen LogP) is 19.7. The molecule has 3 N–H and O–H groups in total. The van der Waals surface area contributed by atoms with Crippen molar-refractivity contribution in [3.05, 3.63) is 145 Å². The highest BCUT2D eigenvalue weighted by atomic mass is 32.1. The number of anilines is 4. The average molecular weight is 2010 g/mol. The zero-order chi connectivity index (χ0) is 98.8. The lowest BCUT2D eigenvalue weighted by Crippen LogP contribution is -2.57. The number of carbonyl (C=O) groups excluding carboxylic acids is 5. The first kappa shape index (κ1) is 100. The minimum atomic E-state index is -0.750. The summed E-state index contributed by atoms with van der Waals surface area (Å²) < 4.78 is 28.0. The van der Waals surface area contributed by atoms with Crippen LogP contribution in [0.1, 0.15) is 290 Å². The number of hydrogen-bond donors (Lipinski definition) is 3. The van der Waals surface area contributed by atoms with Crippen LogP contribution < -0.4 is 20.9 Å². The van der Waals surface area contributed by atoms with E-state index in [1.807, 2.05) is 91.1 Å². The van der Waals surface area contributed by atoms with Gasteiger partial charge in [0, 0.05) is 128 Å². The quantitative estimate of drug-likeness (QED) is 0.0430. The second-order valence-corrected chi connectivity index (χ2v) is 47.0. The standard InChI is InChI=1S/C22H26N4O2S.C22H27N3O2S.C21H29N5OS.2C20H26N4OS.O2S/c1-11-20(29-13(3)23-11)18-6-15-8-26(12(2)14-4-5-14)22(27)19(15)21(24-18)25-9-16-7-17(10-25)28-16;1-12-21(28-14(3)23-12)18-10-17-11-25(13(2)15-4-5-15)22(26)19(17)20(24-18)16-6-8-27-9-7-16;1-12-19(28-14(3)23-12)17-10-16-11-26(13(2)15-6-7-15)21(27)18(16)20(24-17)22-8-9-25(4)5;2*1-5-8-21-19-17-15(10-24(20(17)25)12(3)14-6-7-14)9-16(23-19)18-11(2)22-13(4)26-18;1-3-2/h6,12,14,16-17H,4-5,7-10H2,1-3H3;10,13,15-16H,4-9,11H2,1-3H3;10,13,15H,6-9,11H2,1-5H3,(H,22,24);2*9,12,14H,5-8,10H2,1-4H3,(H,21,23);/t12-,16?,17?;2*13-;2*12-;/m00000./s1. The number of amides is 5. The van der Waals surface area contributed by atoms with Gasteiger partial charge in [-0.15, -0.1) is 56.7 Å². The summed E-state index contributed by atoms with van der Waals surface area (Å²) in [6.07, 6.45) is 18.0. The van der Waals surface area contributed by atoms with Crippen LogP contribution in [0.4, 0.5) is 23.3 Å². The van der Waals surface area contributed by atoms with E-state index in [1.165, 1.54) is 64.2 Å². The molecular formula is C105H134N20O9S6. The molecule has 0 spiro atoms. The number of nitrogens with one attached hydrogen (secondary N) is 3. The Balaban J connectivity index is 0.000000115. The molecule has 5 aliphatic carbocycles. The van der Waals surface area contributed by atoms with E-state index in [4.69, 9.17) is 42.8 Å². The number of thiazole rings is 5. The summed E-state index contributed by atoms with van der Waals surface area (Å²) in [4.78, 5) is 134. The van der Waals surface area contributed by atoms with E-state index in [0.717, 1.165) is 276 Å². The van der Waals surface area contributed by atoms with Gasteiger partial charge in [0.15, 0.2) is 0 Å². The van der Waals surface area contributed by atoms with E-state index in [2.05, 4.69) is 146 Å². The molecule has 35 heteroatoms. The van der Waals surface area contributed by atoms with Gasteiger partial charge in [0.05, 0.1) is 152 Å². The summed E-state index contributed by atoms with van der Waals surface area (Å²) in [5.74, 6) is 7.40. The number of morpholine rings is 1. The number of rotatable bonds is 27. The van der Waals surface area contributed by atoms with E-state index in [-0.39, 0.29) is 41.7 Å². The molecule has 4 saturated heterocycles. The molecular weight excluding hydrogens is 1880 g/mol. The molecule has 2 bridgehead atoms. The van der Waals surface area contributed by atoms with Crippen LogP contribution in [0.2, 0.25) is 0 Å². The molecule has 24 rings (SSSR count). The van der Waals surface area contributed by atoms with E-state index in [0.29, 0.717) is 98.4 Å². The van der Waals surface area contributed by atoms with E-state index < -0.39 is 11.6 Å². The van der Waals surface area contributed by atoms with Crippen molar-refractivity contribution in [2.24, 2.45) is 29.6 Å². The summed E-state index contributed by atoms with van der Waals surface area (Å²) >= 11 is 7.63. The zero-order valence-corrected chi connectivity index (χ0v) is 89.3. The number of ether oxygens (including phenoxy) is 2. The first-order valence-electron chi connectivity index (χ1n) is 50.5. The molecule has 0 aromatic carbocycles. The largest absolute Gasteiger partial charge is 0.381 e. The maximum absolute atomic E-state index is 13.5. The maximum atomic E-state index is 13.5. The lowest BCUT2D eigenvalue weighted by molar-refractivity contribution is -0.133. The lowest BCUT2D eigenvalue weighted by atomic mass is 9.91. The Morgan fingerprint density at radius 3 is 0.921 bits per heavy atom. The first-order chi connectivity index (χ1) is 67.2. The van der Waals surface area contributed by atoms with Gasteiger partial charge in [-0.2, -0.15) is 8.42 Å². The molecule has 0 radical (unpaired) electrons. The summed E-state index contributed by atoms with van der Waals surface area (Å²) in [6, 6.07) is 12.1. The highest BCUT2D eigenvalue weighted by Crippen LogP contribution is 2.50. The van der Waals surface area contributed by atoms with Crippen LogP contribution in [0.15, 0.2) is 30.3 Å². The van der Waals surface area contributed by atoms with E-state index in [9.17, 15) is 24.0 Å². The van der Waals surface area contributed by atoms with Gasteiger partial charge < -0.3 is 59.7 Å². The predicted molar refractivity (Wildman–Crippen MR) is 556 cm³/mol. The number of fused-ring (bicyclic) bond motifs is 7. The number of pyridine rings is 5. The zero-order valence-electron chi connectivity index (χ0n) is 84.4. The maximum Gasteiger partial charge on any atom is 0.335 e. The molecule has 140 heavy (non-hydrogen) atoms. The van der Waals surface area contributed by atoms with Crippen molar-refractivity contribution in [2.75, 3.05) is 87.4 Å². The van der Waals surface area contributed by atoms with E-state index in [1.54, 1.807) is 56.7 Å². The fourth-order valence-electron chi connectivity index (χ4n) is 21.3. The monoisotopic (exact) mass is 2010 g/mol. The Labute approximate surface area is 846 Å². The number of likely N-dealkylation sites (N-methyl/N-ethyl adjacent to an activating group) is 1. The summed E-state index contributed by atoms with van der Waals surface area (Å²) in [6.45, 7) is 45.4. The smallest absolute Gasteiger partial charge is 0.335 e. The molecule has 744 valence electrons. The number of aryl methyl sites for hydroxylation is 10. The van der Waals surface area contributed by atoms with Crippen LogP contribution in [-0.2, 0) is 53.8 Å². The molecule has 29 nitrogen and oxygen atoms in total. The van der Waals surface area contributed by atoms with Gasteiger partial charge in [0.25, 0.3) is 29.5 Å². The van der Waals surface area contributed by atoms with Gasteiger partial charge >= 0.3 is 11.6 Å². The van der Waals surface area contributed by atoms with Gasteiger partial charge in [-0.1, -0.05) is 13.8 Å². The molecule has 9 aliphatic heterocycles. The molecule has 9 fully saturated rings. The molecule has 5 amide bonds. The third-order valence-corrected chi connectivity index (χ3v) is 35.3. The SMILES string of the molecule is CCCNc1nc(-c2sc(C)nc2C)cc2c1C(=O)N([C@@H](C)C1CC1)C2.CCCNc1nc(-c2sc(C)nc2C)cc2c1C(=O)N([C@@H](C)C1CC1)C2.Cc1nc(C)c(-c2cc3c(c(C4CCOCC4)n2)C(=O)N([C@@H](C)C2CC2)C3)s1.Cc1nc(C)c(-c2cc3c(c(N4CC5CC(C4)O5)n2)C(=O)N([C@@H](C)C2CC2)C3)s1.Cc1nc(C)c(-c2cc3c(c(NCCN(C)C)n2)C(=O)N([C@@H](C)C2CC2)C3)s1.O=S=O. The molecule has 2 unspecified atom stereocenters. The molecule has 5 saturated carbocycles. The average Bonchev–Trinajstić information content (AvgIpc) is 1.57. The Kier molecular flexibility index (Phi) is 30.2. The van der Waals surface area contributed by atoms with Crippen LogP contribution in [0, 0.1) is 98.8 Å². The molecule has 7 atom stereocenters. The first-order valence-corrected chi connectivity index (χ1v) is 55.2. The van der Waals surface area contributed by atoms with Crippen LogP contribution in [-0.4, -0.2) is 226 Å². The van der Waals surface area contributed by atoms with Gasteiger partial charge in [-0.05, 0) is 296 Å². The minimum absolute atomic E-state index is 0.123. The van der Waals surface area contributed by atoms with Gasteiger partial charge in [-0.3, -0.25) is 29.0 Å². The fourth-order valence-corrected chi connectivity index (χ4v) is 25.7. The minimum Gasteiger partial charge on any atom is -0.381 e. The van der Waals surface area contributed by atoms with Gasteiger partial charge in [0.1, 0.15) is 23.3 Å². The Bertz CT molecular complexity index is 6250. The Morgan fingerprint density at radius 2 is 0.643 bits per heavy atom. The fraction of sp³-hybridized carbons (Fsp3) is 0.571. The summed E-state index contributed by atoms with van der Waals surface area (Å²) in [5.41, 5.74) is 20.3. The van der Waals surface area contributed by atoms with Crippen molar-refractivity contribution in [3.8, 4) is 52.9 Å². The van der Waals surface area contributed by atoms with Crippen molar-refractivity contribution in [3.63, 3.8) is 0 Å². The van der Waals surface area contributed by atoms with Crippen LogP contribution in [0.3, 0.4) is 0 Å². The lowest BCUT2D eigenvalue weighted by Gasteiger charge is -2.47.